The fourth-order valence-electron chi connectivity index (χ4n) is 2.74. The van der Waals surface area contributed by atoms with Gasteiger partial charge < -0.3 is 15.4 Å². The van der Waals surface area contributed by atoms with Gasteiger partial charge in [0.25, 0.3) is 5.69 Å². The fraction of sp³-hybridized carbons (Fsp3) is 0.571. The number of methoxy groups -OCH3 is 1. The second-order valence-electron chi connectivity index (χ2n) is 5.47. The number of anilines is 2. The highest BCUT2D eigenvalue weighted by molar-refractivity contribution is 6.33. The van der Waals surface area contributed by atoms with Crippen LogP contribution in [0.3, 0.4) is 0 Å². The Hall–Kier alpha value is -1.57. The number of nitro groups is 1. The third-order valence-corrected chi connectivity index (χ3v) is 4.38. The van der Waals surface area contributed by atoms with Crippen LogP contribution in [0.5, 0.6) is 0 Å². The summed E-state index contributed by atoms with van der Waals surface area (Å²) in [5.41, 5.74) is 6.47. The molecule has 1 aliphatic rings. The zero-order valence-corrected chi connectivity index (χ0v) is 13.5. The van der Waals surface area contributed by atoms with E-state index in [0.717, 1.165) is 31.7 Å². The molecule has 0 radical (unpaired) electrons. The first-order valence-electron chi connectivity index (χ1n) is 7.11. The van der Waals surface area contributed by atoms with Gasteiger partial charge in [0.2, 0.25) is 0 Å². The lowest BCUT2D eigenvalue weighted by atomic mass is 10.1. The van der Waals surface area contributed by atoms with Crippen molar-refractivity contribution in [1.29, 1.82) is 0 Å². The molecule has 1 saturated heterocycles. The van der Waals surface area contributed by atoms with Crippen molar-refractivity contribution in [1.82, 2.24) is 4.90 Å². The quantitative estimate of drug-likeness (QED) is 0.488. The molecule has 0 bridgehead atoms. The lowest BCUT2D eigenvalue weighted by Gasteiger charge is -2.28. The molecule has 2 rings (SSSR count). The molecule has 122 valence electrons. The Morgan fingerprint density at radius 3 is 2.95 bits per heavy atom. The van der Waals surface area contributed by atoms with Crippen molar-refractivity contribution in [2.24, 2.45) is 0 Å². The molecule has 1 aromatic rings. The van der Waals surface area contributed by atoms with Crippen molar-refractivity contribution in [2.75, 3.05) is 51.0 Å². The number of ether oxygens (including phenoxy) is 1. The topological polar surface area (TPSA) is 84.9 Å². The summed E-state index contributed by atoms with van der Waals surface area (Å²) in [6.07, 6.45) is 1.01. The standard InChI is InChI=1S/C14H21ClN4O3/c1-17(10-3-4-18(9-10)5-6-22-2)13-8-12(16)14(19(20)21)7-11(13)15/h7-8,10H,3-6,9,16H2,1-2H3. The molecule has 0 amide bonds. The van der Waals surface area contributed by atoms with Crippen LogP contribution in [0.2, 0.25) is 5.02 Å². The van der Waals surface area contributed by atoms with Crippen LogP contribution in [0, 0.1) is 10.1 Å². The third-order valence-electron chi connectivity index (χ3n) is 4.08. The summed E-state index contributed by atoms with van der Waals surface area (Å²) in [5, 5.41) is 11.2. The largest absolute Gasteiger partial charge is 0.393 e. The summed E-state index contributed by atoms with van der Waals surface area (Å²) >= 11 is 6.20. The minimum absolute atomic E-state index is 0.130. The van der Waals surface area contributed by atoms with Gasteiger partial charge in [0, 0.05) is 45.9 Å². The smallest absolute Gasteiger partial charge is 0.293 e. The van der Waals surface area contributed by atoms with Gasteiger partial charge in [-0.15, -0.1) is 0 Å². The highest BCUT2D eigenvalue weighted by Crippen LogP contribution is 2.36. The summed E-state index contributed by atoms with van der Waals surface area (Å²) in [6, 6.07) is 3.20. The summed E-state index contributed by atoms with van der Waals surface area (Å²) in [5.74, 6) is 0. The number of nitrogens with zero attached hydrogens (tertiary/aromatic N) is 3. The first kappa shape index (κ1) is 16.8. The molecule has 0 saturated carbocycles. The van der Waals surface area contributed by atoms with Gasteiger partial charge in [0.15, 0.2) is 0 Å². The number of nitrogens with two attached hydrogens (primary N) is 1. The van der Waals surface area contributed by atoms with Crippen LogP contribution in [0.25, 0.3) is 0 Å². The van der Waals surface area contributed by atoms with Crippen molar-refractivity contribution in [3.05, 3.63) is 27.3 Å². The lowest BCUT2D eigenvalue weighted by molar-refractivity contribution is -0.383. The number of halogens is 1. The second kappa shape index (κ2) is 7.13. The molecular formula is C14H21ClN4O3. The Morgan fingerprint density at radius 2 is 2.32 bits per heavy atom. The van der Waals surface area contributed by atoms with E-state index in [-0.39, 0.29) is 11.4 Å². The van der Waals surface area contributed by atoms with Crippen LogP contribution >= 0.6 is 11.6 Å². The molecule has 0 spiro atoms. The molecule has 7 nitrogen and oxygen atoms in total. The van der Waals surface area contributed by atoms with E-state index >= 15 is 0 Å². The van der Waals surface area contributed by atoms with Crippen LogP contribution in [-0.2, 0) is 4.74 Å². The van der Waals surface area contributed by atoms with Crippen molar-refractivity contribution in [3.8, 4) is 0 Å². The van der Waals surface area contributed by atoms with E-state index in [1.807, 2.05) is 7.05 Å². The van der Waals surface area contributed by atoms with Crippen molar-refractivity contribution in [3.63, 3.8) is 0 Å². The van der Waals surface area contributed by atoms with E-state index < -0.39 is 4.92 Å². The molecule has 1 unspecified atom stereocenters. The van der Waals surface area contributed by atoms with Gasteiger partial charge in [-0.1, -0.05) is 11.6 Å². The highest BCUT2D eigenvalue weighted by atomic mass is 35.5. The van der Waals surface area contributed by atoms with Gasteiger partial charge in [-0.05, 0) is 12.5 Å². The maximum atomic E-state index is 10.9. The Morgan fingerprint density at radius 1 is 1.59 bits per heavy atom. The number of likely N-dealkylation sites (N-methyl/N-ethyl adjacent to an activating group) is 1. The van der Waals surface area contributed by atoms with E-state index in [1.165, 1.54) is 6.07 Å². The van der Waals surface area contributed by atoms with Gasteiger partial charge >= 0.3 is 0 Å². The number of hydrogen-bond acceptors (Lipinski definition) is 6. The monoisotopic (exact) mass is 328 g/mol. The normalized spacial score (nSPS) is 18.6. The first-order valence-corrected chi connectivity index (χ1v) is 7.49. The summed E-state index contributed by atoms with van der Waals surface area (Å²) in [4.78, 5) is 14.7. The maximum Gasteiger partial charge on any atom is 0.293 e. The van der Waals surface area contributed by atoms with E-state index in [0.29, 0.717) is 17.7 Å². The van der Waals surface area contributed by atoms with E-state index in [9.17, 15) is 10.1 Å². The van der Waals surface area contributed by atoms with Gasteiger partial charge in [-0.3, -0.25) is 15.0 Å². The Labute approximate surface area is 134 Å². The van der Waals surface area contributed by atoms with E-state index in [1.54, 1.807) is 13.2 Å². The summed E-state index contributed by atoms with van der Waals surface area (Å²) in [6.45, 7) is 3.52. The molecular weight excluding hydrogens is 308 g/mol. The molecule has 1 atom stereocenters. The van der Waals surface area contributed by atoms with Gasteiger partial charge in [-0.2, -0.15) is 0 Å². The Bertz CT molecular complexity index is 555. The number of rotatable bonds is 6. The van der Waals surface area contributed by atoms with E-state index in [4.69, 9.17) is 22.1 Å². The Kier molecular flexibility index (Phi) is 5.44. The van der Waals surface area contributed by atoms with Crippen LogP contribution < -0.4 is 10.6 Å². The molecule has 0 aromatic heterocycles. The molecule has 1 heterocycles. The van der Waals surface area contributed by atoms with Crippen LogP contribution in [0.1, 0.15) is 6.42 Å². The van der Waals surface area contributed by atoms with Crippen molar-refractivity contribution < 1.29 is 9.66 Å². The van der Waals surface area contributed by atoms with Crippen LogP contribution in [0.15, 0.2) is 12.1 Å². The first-order chi connectivity index (χ1) is 10.4. The zero-order valence-electron chi connectivity index (χ0n) is 12.8. The summed E-state index contributed by atoms with van der Waals surface area (Å²) in [7, 11) is 3.63. The minimum atomic E-state index is -0.521. The molecule has 1 aliphatic heterocycles. The maximum absolute atomic E-state index is 10.9. The predicted molar refractivity (Wildman–Crippen MR) is 87.6 cm³/mol. The number of likely N-dealkylation sites (tertiary alicyclic amines) is 1. The molecule has 22 heavy (non-hydrogen) atoms. The van der Waals surface area contributed by atoms with Crippen LogP contribution in [0.4, 0.5) is 17.1 Å². The average molecular weight is 329 g/mol. The molecule has 8 heteroatoms. The predicted octanol–water partition coefficient (Wildman–Crippen LogP) is 1.99. The van der Waals surface area contributed by atoms with E-state index in [2.05, 4.69) is 9.80 Å². The Balaban J connectivity index is 2.12. The van der Waals surface area contributed by atoms with Crippen LogP contribution in [-0.4, -0.2) is 56.3 Å². The van der Waals surface area contributed by atoms with Crippen molar-refractivity contribution >= 4 is 28.7 Å². The molecule has 0 aliphatic carbocycles. The highest BCUT2D eigenvalue weighted by Gasteiger charge is 2.27. The number of nitro benzene ring substituents is 1. The second-order valence-corrected chi connectivity index (χ2v) is 5.87. The lowest BCUT2D eigenvalue weighted by Crippen LogP contribution is -2.35. The average Bonchev–Trinajstić information content (AvgIpc) is 2.95. The SMILES string of the molecule is COCCN1CCC(N(C)c2cc(N)c([N+](=O)[O-])cc2Cl)C1. The molecule has 1 aromatic carbocycles. The molecule has 1 fully saturated rings. The molecule has 2 N–H and O–H groups in total. The summed E-state index contributed by atoms with van der Waals surface area (Å²) < 4.78 is 5.10. The zero-order chi connectivity index (χ0) is 16.3. The fourth-order valence-corrected chi connectivity index (χ4v) is 3.04. The number of benzene rings is 1. The van der Waals surface area contributed by atoms with Gasteiger partial charge in [-0.25, -0.2) is 0 Å². The van der Waals surface area contributed by atoms with Crippen molar-refractivity contribution in [2.45, 2.75) is 12.5 Å². The van der Waals surface area contributed by atoms with Gasteiger partial charge in [0.05, 0.1) is 22.2 Å². The van der Waals surface area contributed by atoms with Gasteiger partial charge in [0.1, 0.15) is 5.69 Å². The number of nitrogen functional groups attached to an aromatic ring is 1. The minimum Gasteiger partial charge on any atom is -0.393 e. The third kappa shape index (κ3) is 3.60. The number of hydrogen-bond donors (Lipinski definition) is 1.